The number of carbonyl (C=O) groups is 1. The molecule has 1 amide bonds. The number of hydrogen-bond acceptors (Lipinski definition) is 1. The predicted molar refractivity (Wildman–Crippen MR) is 91.2 cm³/mol. The van der Waals surface area contributed by atoms with Crippen molar-refractivity contribution in [3.8, 4) is 0 Å². The molecule has 2 nitrogen and oxygen atoms in total. The van der Waals surface area contributed by atoms with Crippen LogP contribution >= 0.6 is 23.2 Å². The van der Waals surface area contributed by atoms with E-state index in [9.17, 15) is 4.79 Å². The van der Waals surface area contributed by atoms with Crippen LogP contribution in [0.2, 0.25) is 10.0 Å². The van der Waals surface area contributed by atoms with E-state index in [1.807, 2.05) is 36.4 Å². The molecule has 4 heteroatoms. The molecule has 0 bridgehead atoms. The number of fused-ring (bicyclic) bond motifs is 1. The summed E-state index contributed by atoms with van der Waals surface area (Å²) in [6.45, 7) is 1.52. The van der Waals surface area contributed by atoms with Crippen molar-refractivity contribution in [1.82, 2.24) is 5.32 Å². The van der Waals surface area contributed by atoms with Gasteiger partial charge >= 0.3 is 0 Å². The molecule has 0 fully saturated rings. The molecular formula is C18H15Cl2NO. The number of nitrogens with one attached hydrogen (secondary N) is 1. The fraction of sp³-hybridized carbons (Fsp3) is 0.167. The smallest absolute Gasteiger partial charge is 0.221 e. The number of allylic oxidation sites excluding steroid dienone is 1. The van der Waals surface area contributed by atoms with Crippen LogP contribution in [-0.4, -0.2) is 5.91 Å². The maximum absolute atomic E-state index is 11.4. The zero-order valence-corrected chi connectivity index (χ0v) is 13.6. The van der Waals surface area contributed by atoms with Crippen LogP contribution in [0.4, 0.5) is 0 Å². The van der Waals surface area contributed by atoms with Gasteiger partial charge in [0.25, 0.3) is 0 Å². The molecule has 112 valence electrons. The number of amides is 1. The Hall–Kier alpha value is -1.77. The van der Waals surface area contributed by atoms with Gasteiger partial charge in [-0.25, -0.2) is 0 Å². The first-order valence-corrected chi connectivity index (χ1v) is 7.84. The van der Waals surface area contributed by atoms with Crippen molar-refractivity contribution >= 4 is 34.8 Å². The van der Waals surface area contributed by atoms with Gasteiger partial charge in [-0.1, -0.05) is 59.6 Å². The lowest BCUT2D eigenvalue weighted by Gasteiger charge is -2.26. The van der Waals surface area contributed by atoms with Gasteiger partial charge in [0.2, 0.25) is 5.91 Å². The molecule has 0 aliphatic heterocycles. The molecular weight excluding hydrogens is 317 g/mol. The van der Waals surface area contributed by atoms with Crippen molar-refractivity contribution in [3.63, 3.8) is 0 Å². The number of carbonyl (C=O) groups excluding carboxylic acids is 1. The van der Waals surface area contributed by atoms with Crippen LogP contribution in [-0.2, 0) is 4.79 Å². The minimum Gasteiger partial charge on any atom is -0.326 e. The number of rotatable bonds is 2. The summed E-state index contributed by atoms with van der Waals surface area (Å²) < 4.78 is 0. The number of hydrogen-bond donors (Lipinski definition) is 1. The standard InChI is InChI=1S/C18H15Cl2NO/c1-11(22)21-18-9-7-13(14-4-2-3-5-15(14)18)12-6-8-16(19)17(20)10-12/h2-6,8-10,13H,7H2,1H3,(H,21,22)/t13-/m0/s1. The second kappa shape index (κ2) is 6.15. The fourth-order valence-corrected chi connectivity index (χ4v) is 3.18. The average Bonchev–Trinajstić information content (AvgIpc) is 2.50. The van der Waals surface area contributed by atoms with Gasteiger partial charge in [0.1, 0.15) is 0 Å². The lowest BCUT2D eigenvalue weighted by Crippen LogP contribution is -2.22. The second-order valence-electron chi connectivity index (χ2n) is 5.35. The van der Waals surface area contributed by atoms with E-state index in [0.29, 0.717) is 10.0 Å². The first-order chi connectivity index (χ1) is 10.6. The Balaban J connectivity index is 2.04. The van der Waals surface area contributed by atoms with Gasteiger partial charge in [0.15, 0.2) is 0 Å². The van der Waals surface area contributed by atoms with Crippen LogP contribution in [0, 0.1) is 0 Å². The van der Waals surface area contributed by atoms with Crippen molar-refractivity contribution in [2.24, 2.45) is 0 Å². The Morgan fingerprint density at radius 2 is 1.91 bits per heavy atom. The van der Waals surface area contributed by atoms with Gasteiger partial charge in [0.05, 0.1) is 10.0 Å². The average molecular weight is 332 g/mol. The lowest BCUT2D eigenvalue weighted by atomic mass is 9.81. The molecule has 22 heavy (non-hydrogen) atoms. The van der Waals surface area contributed by atoms with Gasteiger partial charge in [-0.15, -0.1) is 0 Å². The third-order valence-corrected chi connectivity index (χ3v) is 4.58. The summed E-state index contributed by atoms with van der Waals surface area (Å²) in [5, 5.41) is 4.03. The molecule has 0 aromatic heterocycles. The van der Waals surface area contributed by atoms with E-state index in [4.69, 9.17) is 23.2 Å². The van der Waals surface area contributed by atoms with E-state index in [0.717, 1.165) is 23.2 Å². The SMILES string of the molecule is CC(=O)NC1=CC[C@@H](c2ccc(Cl)c(Cl)c2)c2ccccc21. The van der Waals surface area contributed by atoms with E-state index in [2.05, 4.69) is 17.5 Å². The minimum atomic E-state index is -0.0611. The van der Waals surface area contributed by atoms with Crippen molar-refractivity contribution in [1.29, 1.82) is 0 Å². The summed E-state index contributed by atoms with van der Waals surface area (Å²) in [6.07, 6.45) is 2.88. The molecule has 1 aliphatic carbocycles. The van der Waals surface area contributed by atoms with Crippen molar-refractivity contribution in [3.05, 3.63) is 75.3 Å². The van der Waals surface area contributed by atoms with E-state index in [1.54, 1.807) is 0 Å². The third-order valence-electron chi connectivity index (χ3n) is 3.84. The van der Waals surface area contributed by atoms with E-state index < -0.39 is 0 Å². The van der Waals surface area contributed by atoms with Crippen molar-refractivity contribution in [2.45, 2.75) is 19.3 Å². The summed E-state index contributed by atoms with van der Waals surface area (Å²) >= 11 is 12.2. The third kappa shape index (κ3) is 2.90. The van der Waals surface area contributed by atoms with Crippen LogP contribution in [0.15, 0.2) is 48.5 Å². The monoisotopic (exact) mass is 331 g/mol. The van der Waals surface area contributed by atoms with E-state index in [1.165, 1.54) is 12.5 Å². The van der Waals surface area contributed by atoms with E-state index >= 15 is 0 Å². The quantitative estimate of drug-likeness (QED) is 0.823. The highest BCUT2D eigenvalue weighted by Gasteiger charge is 2.23. The number of halogens is 2. The second-order valence-corrected chi connectivity index (χ2v) is 6.16. The molecule has 0 heterocycles. The van der Waals surface area contributed by atoms with Gasteiger partial charge in [-0.05, 0) is 29.7 Å². The largest absolute Gasteiger partial charge is 0.326 e. The topological polar surface area (TPSA) is 29.1 Å². The van der Waals surface area contributed by atoms with Crippen molar-refractivity contribution < 1.29 is 4.79 Å². The zero-order chi connectivity index (χ0) is 15.7. The van der Waals surface area contributed by atoms with Crippen LogP contribution < -0.4 is 5.32 Å². The molecule has 2 aromatic carbocycles. The highest BCUT2D eigenvalue weighted by Crippen LogP contribution is 2.39. The molecule has 0 radical (unpaired) electrons. The van der Waals surface area contributed by atoms with Gasteiger partial charge in [-0.3, -0.25) is 4.79 Å². The first kappa shape index (κ1) is 15.1. The van der Waals surface area contributed by atoms with Gasteiger partial charge < -0.3 is 5.32 Å². The van der Waals surface area contributed by atoms with Crippen LogP contribution in [0.1, 0.15) is 36.0 Å². The molecule has 0 saturated carbocycles. The highest BCUT2D eigenvalue weighted by molar-refractivity contribution is 6.42. The minimum absolute atomic E-state index is 0.0611. The van der Waals surface area contributed by atoms with Gasteiger partial charge in [-0.2, -0.15) is 0 Å². The maximum atomic E-state index is 11.4. The molecule has 0 saturated heterocycles. The Bertz CT molecular complexity index is 767. The molecule has 1 N–H and O–H groups in total. The Morgan fingerprint density at radius 3 is 2.64 bits per heavy atom. The normalized spacial score (nSPS) is 16.7. The fourth-order valence-electron chi connectivity index (χ4n) is 2.87. The predicted octanol–water partition coefficient (Wildman–Crippen LogP) is 5.01. The summed E-state index contributed by atoms with van der Waals surface area (Å²) in [6, 6.07) is 13.9. The molecule has 0 unspecified atom stereocenters. The Morgan fingerprint density at radius 1 is 1.14 bits per heavy atom. The lowest BCUT2D eigenvalue weighted by molar-refractivity contribution is -0.117. The van der Waals surface area contributed by atoms with E-state index in [-0.39, 0.29) is 11.8 Å². The maximum Gasteiger partial charge on any atom is 0.221 e. The zero-order valence-electron chi connectivity index (χ0n) is 12.1. The first-order valence-electron chi connectivity index (χ1n) is 7.08. The Labute approximate surface area is 139 Å². The van der Waals surface area contributed by atoms with Crippen LogP contribution in [0.3, 0.4) is 0 Å². The van der Waals surface area contributed by atoms with Crippen LogP contribution in [0.25, 0.3) is 5.70 Å². The Kier molecular flexibility index (Phi) is 4.23. The summed E-state index contributed by atoms with van der Waals surface area (Å²) in [7, 11) is 0. The van der Waals surface area contributed by atoms with Gasteiger partial charge in [0, 0.05) is 24.1 Å². The summed E-state index contributed by atoms with van der Waals surface area (Å²) in [5.74, 6) is 0.150. The molecule has 2 aromatic rings. The summed E-state index contributed by atoms with van der Waals surface area (Å²) in [4.78, 5) is 11.4. The molecule has 1 atom stereocenters. The summed E-state index contributed by atoms with van der Waals surface area (Å²) in [5.41, 5.74) is 4.24. The molecule has 0 spiro atoms. The molecule has 3 rings (SSSR count). The molecule has 1 aliphatic rings. The number of benzene rings is 2. The van der Waals surface area contributed by atoms with Crippen molar-refractivity contribution in [2.75, 3.05) is 0 Å². The highest BCUT2D eigenvalue weighted by atomic mass is 35.5. The van der Waals surface area contributed by atoms with Crippen LogP contribution in [0.5, 0.6) is 0 Å².